The lowest BCUT2D eigenvalue weighted by Gasteiger charge is -2.12. The van der Waals surface area contributed by atoms with Crippen molar-refractivity contribution in [3.8, 4) is 0 Å². The van der Waals surface area contributed by atoms with Crippen molar-refractivity contribution < 1.29 is 14.0 Å². The number of carbonyl (C=O) groups is 2. The van der Waals surface area contributed by atoms with Crippen molar-refractivity contribution in [3.05, 3.63) is 53.4 Å². The van der Waals surface area contributed by atoms with Gasteiger partial charge in [0.15, 0.2) is 5.83 Å². The Morgan fingerprint density at radius 2 is 1.65 bits per heavy atom. The monoisotopic (exact) mass is 226 g/mol. The van der Waals surface area contributed by atoms with E-state index >= 15 is 0 Å². The van der Waals surface area contributed by atoms with Gasteiger partial charge in [-0.15, -0.1) is 0 Å². The summed E-state index contributed by atoms with van der Waals surface area (Å²) in [5, 5.41) is 1.55. The van der Waals surface area contributed by atoms with Gasteiger partial charge in [-0.25, -0.2) is 4.39 Å². The van der Waals surface area contributed by atoms with Gasteiger partial charge in [0.05, 0.1) is 0 Å². The third-order valence-corrected chi connectivity index (χ3v) is 2.89. The van der Waals surface area contributed by atoms with Crippen molar-refractivity contribution in [1.29, 1.82) is 0 Å². The first-order valence-electron chi connectivity index (χ1n) is 5.16. The van der Waals surface area contributed by atoms with Crippen LogP contribution >= 0.6 is 0 Å². The smallest absolute Gasteiger partial charge is 0.261 e. The van der Waals surface area contributed by atoms with Crippen molar-refractivity contribution >= 4 is 28.4 Å². The molecule has 0 saturated carbocycles. The second-order valence-electron chi connectivity index (χ2n) is 3.90. The molecule has 0 radical (unpaired) electrons. The summed E-state index contributed by atoms with van der Waals surface area (Å²) in [6.07, 6.45) is 1.12. The molecule has 0 saturated heterocycles. The first-order valence-corrected chi connectivity index (χ1v) is 5.16. The number of allylic oxidation sites excluding steroid dienone is 1. The molecule has 82 valence electrons. The van der Waals surface area contributed by atoms with Gasteiger partial charge in [-0.1, -0.05) is 36.4 Å². The van der Waals surface area contributed by atoms with Gasteiger partial charge in [0, 0.05) is 5.56 Å². The van der Waals surface area contributed by atoms with E-state index in [9.17, 15) is 14.0 Å². The molecule has 0 aliphatic heterocycles. The normalized spacial score (nSPS) is 14.8. The van der Waals surface area contributed by atoms with Gasteiger partial charge in [0.2, 0.25) is 5.78 Å². The fourth-order valence-corrected chi connectivity index (χ4v) is 2.09. The fraction of sp³-hybridized carbons (Fsp3) is 0. The highest BCUT2D eigenvalue weighted by molar-refractivity contribution is 6.52. The summed E-state index contributed by atoms with van der Waals surface area (Å²) in [5.74, 6) is -2.82. The number of hydrogen-bond donors (Lipinski definition) is 0. The zero-order valence-electron chi connectivity index (χ0n) is 8.74. The third-order valence-electron chi connectivity index (χ3n) is 2.89. The Morgan fingerprint density at radius 3 is 2.47 bits per heavy atom. The maximum atomic E-state index is 13.2. The summed E-state index contributed by atoms with van der Waals surface area (Å²) in [6.45, 7) is 0. The highest BCUT2D eigenvalue weighted by Crippen LogP contribution is 2.29. The number of fused-ring (bicyclic) bond motifs is 3. The topological polar surface area (TPSA) is 34.1 Å². The van der Waals surface area contributed by atoms with Gasteiger partial charge >= 0.3 is 0 Å². The van der Waals surface area contributed by atoms with Crippen molar-refractivity contribution in [3.63, 3.8) is 0 Å². The largest absolute Gasteiger partial charge is 0.285 e. The van der Waals surface area contributed by atoms with E-state index in [1.54, 1.807) is 24.3 Å². The zero-order chi connectivity index (χ0) is 12.0. The molecule has 1 aliphatic carbocycles. The molecule has 0 spiro atoms. The zero-order valence-corrected chi connectivity index (χ0v) is 8.74. The minimum atomic E-state index is -1.06. The number of rotatable bonds is 0. The number of ketones is 2. The van der Waals surface area contributed by atoms with E-state index in [2.05, 4.69) is 0 Å². The number of Topliss-reactive ketones (excluding diaryl/α,β-unsaturated/α-hetero) is 2. The second-order valence-corrected chi connectivity index (χ2v) is 3.90. The van der Waals surface area contributed by atoms with Crippen LogP contribution in [0, 0.1) is 0 Å². The van der Waals surface area contributed by atoms with Crippen molar-refractivity contribution in [1.82, 2.24) is 0 Å². The van der Waals surface area contributed by atoms with Crippen molar-refractivity contribution in [2.75, 3.05) is 0 Å². The fourth-order valence-electron chi connectivity index (χ4n) is 2.09. The predicted octanol–water partition coefficient (Wildman–Crippen LogP) is 2.92. The molecule has 0 fully saturated rings. The van der Waals surface area contributed by atoms with Gasteiger partial charge < -0.3 is 0 Å². The molecule has 3 heteroatoms. The Balaban J connectivity index is 2.45. The molecule has 0 bridgehead atoms. The van der Waals surface area contributed by atoms with Crippen LogP contribution in [0.3, 0.4) is 0 Å². The van der Waals surface area contributed by atoms with Gasteiger partial charge in [0.1, 0.15) is 0 Å². The quantitative estimate of drug-likeness (QED) is 0.647. The molecule has 0 heterocycles. The number of halogens is 1. The molecule has 17 heavy (non-hydrogen) atoms. The molecule has 0 unspecified atom stereocenters. The van der Waals surface area contributed by atoms with E-state index in [-0.39, 0.29) is 0 Å². The Labute approximate surface area is 96.4 Å². The highest BCUT2D eigenvalue weighted by atomic mass is 19.1. The molecule has 2 aromatic carbocycles. The molecule has 3 rings (SSSR count). The van der Waals surface area contributed by atoms with E-state index in [0.717, 1.165) is 11.5 Å². The second kappa shape index (κ2) is 3.35. The van der Waals surface area contributed by atoms with Crippen LogP contribution in [-0.4, -0.2) is 11.6 Å². The maximum absolute atomic E-state index is 13.2. The molecular formula is C14H7FO2. The van der Waals surface area contributed by atoms with Crippen LogP contribution in [0.25, 0.3) is 16.8 Å². The van der Waals surface area contributed by atoms with E-state index in [1.807, 2.05) is 12.1 Å². The van der Waals surface area contributed by atoms with Crippen LogP contribution in [-0.2, 0) is 4.79 Å². The van der Waals surface area contributed by atoms with Crippen LogP contribution in [0.4, 0.5) is 4.39 Å². The molecular weight excluding hydrogens is 219 g/mol. The van der Waals surface area contributed by atoms with E-state index in [4.69, 9.17) is 0 Å². The van der Waals surface area contributed by atoms with Gasteiger partial charge in [-0.05, 0) is 22.4 Å². The Morgan fingerprint density at radius 1 is 0.882 bits per heavy atom. The van der Waals surface area contributed by atoms with E-state index < -0.39 is 17.4 Å². The average molecular weight is 226 g/mol. The molecule has 0 amide bonds. The summed E-state index contributed by atoms with van der Waals surface area (Å²) in [4.78, 5) is 23.1. The van der Waals surface area contributed by atoms with Gasteiger partial charge in [0.25, 0.3) is 5.78 Å². The lowest BCUT2D eigenvalue weighted by molar-refractivity contribution is -0.113. The van der Waals surface area contributed by atoms with E-state index in [1.165, 1.54) is 0 Å². The number of benzene rings is 2. The maximum Gasteiger partial charge on any atom is 0.261 e. The lowest BCUT2D eigenvalue weighted by atomic mass is 9.90. The average Bonchev–Trinajstić information content (AvgIpc) is 2.35. The standard InChI is InChI=1S/C14H7FO2/c15-11-7-9-6-5-8-3-1-2-4-10(8)12(9)14(17)13(11)16/h1-7H. The third kappa shape index (κ3) is 1.32. The molecule has 1 aliphatic rings. The first kappa shape index (κ1) is 9.90. The van der Waals surface area contributed by atoms with Crippen LogP contribution in [0.1, 0.15) is 15.9 Å². The minimum Gasteiger partial charge on any atom is -0.285 e. The first-order chi connectivity index (χ1) is 8.18. The SMILES string of the molecule is O=C1C(=O)c2c(ccc3ccccc23)C=C1F. The van der Waals surface area contributed by atoms with Gasteiger partial charge in [-0.3, -0.25) is 9.59 Å². The Hall–Kier alpha value is -2.29. The summed E-state index contributed by atoms with van der Waals surface area (Å²) in [5.41, 5.74) is 0.764. The van der Waals surface area contributed by atoms with E-state index in [0.29, 0.717) is 16.5 Å². The molecule has 2 nitrogen and oxygen atoms in total. The van der Waals surface area contributed by atoms with Gasteiger partial charge in [-0.2, -0.15) is 0 Å². The molecule has 0 aromatic heterocycles. The predicted molar refractivity (Wildman–Crippen MR) is 62.4 cm³/mol. The Bertz CT molecular complexity index is 698. The Kier molecular flexibility index (Phi) is 1.95. The van der Waals surface area contributed by atoms with Crippen LogP contribution < -0.4 is 0 Å². The molecule has 2 aromatic rings. The van der Waals surface area contributed by atoms with Crippen LogP contribution in [0.2, 0.25) is 0 Å². The molecule has 0 N–H and O–H groups in total. The summed E-state index contributed by atoms with van der Waals surface area (Å²) in [6, 6.07) is 10.7. The van der Waals surface area contributed by atoms with Crippen molar-refractivity contribution in [2.24, 2.45) is 0 Å². The summed E-state index contributed by atoms with van der Waals surface area (Å²) >= 11 is 0. The summed E-state index contributed by atoms with van der Waals surface area (Å²) < 4.78 is 13.2. The highest BCUT2D eigenvalue weighted by Gasteiger charge is 2.29. The number of hydrogen-bond acceptors (Lipinski definition) is 2. The summed E-state index contributed by atoms with van der Waals surface area (Å²) in [7, 11) is 0. The van der Waals surface area contributed by atoms with Crippen molar-refractivity contribution in [2.45, 2.75) is 0 Å². The molecule has 0 atom stereocenters. The van der Waals surface area contributed by atoms with Crippen LogP contribution in [0.15, 0.2) is 42.2 Å². The minimum absolute atomic E-state index is 0.300. The van der Waals surface area contributed by atoms with Crippen LogP contribution in [0.5, 0.6) is 0 Å². The number of carbonyl (C=O) groups excluding carboxylic acids is 2. The lowest BCUT2D eigenvalue weighted by Crippen LogP contribution is -2.19.